The number of hydrogen-bond acceptors (Lipinski definition) is 4. The van der Waals surface area contributed by atoms with Crippen molar-refractivity contribution in [3.8, 4) is 5.75 Å². The van der Waals surface area contributed by atoms with Crippen LogP contribution in [0.25, 0.3) is 11.0 Å². The van der Waals surface area contributed by atoms with Crippen molar-refractivity contribution in [3.05, 3.63) is 99.5 Å². The van der Waals surface area contributed by atoms with Crippen molar-refractivity contribution < 1.29 is 9.90 Å². The van der Waals surface area contributed by atoms with Crippen molar-refractivity contribution in [1.82, 2.24) is 9.55 Å². The lowest BCUT2D eigenvalue weighted by atomic mass is 10.1. The molecule has 0 spiro atoms. The highest BCUT2D eigenvalue weighted by Crippen LogP contribution is 2.26. The summed E-state index contributed by atoms with van der Waals surface area (Å²) >= 11 is 0. The molecule has 2 N–H and O–H groups in total. The van der Waals surface area contributed by atoms with E-state index in [2.05, 4.69) is 10.3 Å². The van der Waals surface area contributed by atoms with Crippen LogP contribution in [0.2, 0.25) is 0 Å². The summed E-state index contributed by atoms with van der Waals surface area (Å²) in [4.78, 5) is 30.6. The van der Waals surface area contributed by atoms with E-state index < -0.39 is 11.5 Å². The van der Waals surface area contributed by atoms with Crippen molar-refractivity contribution in [2.24, 2.45) is 0 Å². The van der Waals surface area contributed by atoms with Crippen LogP contribution in [0.3, 0.4) is 0 Å². The molecule has 6 heteroatoms. The average molecular weight is 399 g/mol. The highest BCUT2D eigenvalue weighted by molar-refractivity contribution is 6.09. The SMILES string of the molecule is Cc1ccc(NC(=O)c2c(O)c3cccnc3n(Cc3ccccc3)c2=O)c(C)c1. The van der Waals surface area contributed by atoms with E-state index in [9.17, 15) is 14.7 Å². The summed E-state index contributed by atoms with van der Waals surface area (Å²) in [5.74, 6) is -1.02. The zero-order valence-corrected chi connectivity index (χ0v) is 16.7. The topological polar surface area (TPSA) is 84.2 Å². The van der Waals surface area contributed by atoms with Crippen molar-refractivity contribution in [2.75, 3.05) is 5.32 Å². The van der Waals surface area contributed by atoms with Crippen LogP contribution in [-0.2, 0) is 6.54 Å². The second-order valence-corrected chi connectivity index (χ2v) is 7.25. The lowest BCUT2D eigenvalue weighted by Gasteiger charge is -2.15. The van der Waals surface area contributed by atoms with E-state index in [1.165, 1.54) is 4.57 Å². The molecule has 4 aromatic rings. The number of aromatic nitrogens is 2. The molecule has 0 aliphatic heterocycles. The Labute approximate surface area is 173 Å². The van der Waals surface area contributed by atoms with Gasteiger partial charge in [-0.2, -0.15) is 0 Å². The fourth-order valence-electron chi connectivity index (χ4n) is 3.52. The number of aromatic hydroxyl groups is 1. The van der Waals surface area contributed by atoms with Crippen molar-refractivity contribution in [2.45, 2.75) is 20.4 Å². The number of fused-ring (bicyclic) bond motifs is 1. The summed E-state index contributed by atoms with van der Waals surface area (Å²) in [5.41, 5.74) is 2.84. The Morgan fingerprint density at radius 2 is 1.83 bits per heavy atom. The summed E-state index contributed by atoms with van der Waals surface area (Å²) < 4.78 is 1.42. The van der Waals surface area contributed by atoms with Crippen LogP contribution in [0.1, 0.15) is 27.0 Å². The van der Waals surface area contributed by atoms with Gasteiger partial charge in [-0.25, -0.2) is 4.98 Å². The maximum Gasteiger partial charge on any atom is 0.269 e. The second kappa shape index (κ2) is 7.83. The minimum absolute atomic E-state index is 0.233. The number of carbonyl (C=O) groups excluding carboxylic acids is 1. The molecule has 2 aromatic carbocycles. The Morgan fingerprint density at radius 1 is 1.07 bits per heavy atom. The van der Waals surface area contributed by atoms with Gasteiger partial charge in [-0.3, -0.25) is 14.2 Å². The number of hydrogen-bond donors (Lipinski definition) is 2. The first kappa shape index (κ1) is 19.4. The summed E-state index contributed by atoms with van der Waals surface area (Å²) in [6, 6.07) is 18.3. The molecule has 0 unspecified atom stereocenters. The van der Waals surface area contributed by atoms with Crippen LogP contribution in [0, 0.1) is 13.8 Å². The fraction of sp³-hybridized carbons (Fsp3) is 0.125. The molecular weight excluding hydrogens is 378 g/mol. The number of nitrogens with zero attached hydrogens (tertiary/aromatic N) is 2. The van der Waals surface area contributed by atoms with Crippen LogP contribution in [0.5, 0.6) is 5.75 Å². The van der Waals surface area contributed by atoms with Gasteiger partial charge in [-0.05, 0) is 43.2 Å². The molecule has 4 rings (SSSR count). The number of aryl methyl sites for hydroxylation is 2. The van der Waals surface area contributed by atoms with Gasteiger partial charge in [0.05, 0.1) is 11.9 Å². The molecule has 0 saturated carbocycles. The van der Waals surface area contributed by atoms with Gasteiger partial charge in [0, 0.05) is 11.9 Å². The molecule has 1 amide bonds. The van der Waals surface area contributed by atoms with Crippen LogP contribution in [-0.4, -0.2) is 20.6 Å². The average Bonchev–Trinajstić information content (AvgIpc) is 2.74. The quantitative estimate of drug-likeness (QED) is 0.543. The maximum atomic E-state index is 13.3. The zero-order valence-electron chi connectivity index (χ0n) is 16.7. The van der Waals surface area contributed by atoms with E-state index in [4.69, 9.17) is 0 Å². The molecule has 2 aromatic heterocycles. The predicted octanol–water partition coefficient (Wildman–Crippen LogP) is 4.02. The summed E-state index contributed by atoms with van der Waals surface area (Å²) in [6.45, 7) is 4.07. The monoisotopic (exact) mass is 399 g/mol. The number of nitrogens with one attached hydrogen (secondary N) is 1. The number of anilines is 1. The molecule has 0 atom stereocenters. The summed E-state index contributed by atoms with van der Waals surface area (Å²) in [7, 11) is 0. The van der Waals surface area contributed by atoms with Gasteiger partial charge in [0.2, 0.25) is 0 Å². The van der Waals surface area contributed by atoms with Gasteiger partial charge in [-0.15, -0.1) is 0 Å². The Bertz CT molecular complexity index is 1310. The van der Waals surface area contributed by atoms with Crippen molar-refractivity contribution >= 4 is 22.6 Å². The van der Waals surface area contributed by atoms with E-state index >= 15 is 0 Å². The molecule has 30 heavy (non-hydrogen) atoms. The van der Waals surface area contributed by atoms with Gasteiger partial charge >= 0.3 is 0 Å². The van der Waals surface area contributed by atoms with Crippen LogP contribution < -0.4 is 10.9 Å². The molecule has 0 radical (unpaired) electrons. The Hall–Kier alpha value is -3.93. The van der Waals surface area contributed by atoms with Gasteiger partial charge in [-0.1, -0.05) is 48.0 Å². The first-order valence-electron chi connectivity index (χ1n) is 9.58. The van der Waals surface area contributed by atoms with Crippen LogP contribution in [0.4, 0.5) is 5.69 Å². The van der Waals surface area contributed by atoms with E-state index in [1.807, 2.05) is 56.3 Å². The summed E-state index contributed by atoms with van der Waals surface area (Å²) in [6.07, 6.45) is 1.55. The Kier molecular flexibility index (Phi) is 5.06. The third-order valence-electron chi connectivity index (χ3n) is 5.03. The summed E-state index contributed by atoms with van der Waals surface area (Å²) in [5, 5.41) is 13.9. The first-order valence-corrected chi connectivity index (χ1v) is 9.58. The number of pyridine rings is 2. The van der Waals surface area contributed by atoms with Crippen LogP contribution in [0.15, 0.2) is 71.7 Å². The highest BCUT2D eigenvalue weighted by atomic mass is 16.3. The molecule has 2 heterocycles. The predicted molar refractivity (Wildman–Crippen MR) is 117 cm³/mol. The third kappa shape index (κ3) is 3.55. The number of amides is 1. The van der Waals surface area contributed by atoms with Gasteiger partial charge in [0.1, 0.15) is 17.0 Å². The van der Waals surface area contributed by atoms with E-state index in [0.29, 0.717) is 16.7 Å². The van der Waals surface area contributed by atoms with Crippen molar-refractivity contribution in [3.63, 3.8) is 0 Å². The molecule has 0 aliphatic carbocycles. The number of benzene rings is 2. The van der Waals surface area contributed by atoms with Crippen LogP contribution >= 0.6 is 0 Å². The Balaban J connectivity index is 1.85. The third-order valence-corrected chi connectivity index (χ3v) is 5.03. The molecule has 0 aliphatic rings. The van der Waals surface area contributed by atoms with E-state index in [1.54, 1.807) is 24.4 Å². The van der Waals surface area contributed by atoms with Gasteiger partial charge < -0.3 is 10.4 Å². The second-order valence-electron chi connectivity index (χ2n) is 7.25. The number of carbonyl (C=O) groups is 1. The van der Waals surface area contributed by atoms with E-state index in [0.717, 1.165) is 16.7 Å². The molecule has 0 saturated heterocycles. The standard InChI is InChI=1S/C24H21N3O3/c1-15-10-11-19(16(2)13-15)26-23(29)20-21(28)18-9-6-12-25-22(18)27(24(20)30)14-17-7-4-3-5-8-17/h3-13,28H,14H2,1-2H3,(H,26,29). The fourth-order valence-corrected chi connectivity index (χ4v) is 3.52. The first-order chi connectivity index (χ1) is 14.5. The van der Waals surface area contributed by atoms with Gasteiger partial charge in [0.15, 0.2) is 0 Å². The molecule has 6 nitrogen and oxygen atoms in total. The lowest BCUT2D eigenvalue weighted by Crippen LogP contribution is -2.30. The maximum absolute atomic E-state index is 13.3. The molecule has 0 fully saturated rings. The minimum Gasteiger partial charge on any atom is -0.506 e. The highest BCUT2D eigenvalue weighted by Gasteiger charge is 2.23. The van der Waals surface area contributed by atoms with Gasteiger partial charge in [0.25, 0.3) is 11.5 Å². The minimum atomic E-state index is -0.656. The zero-order chi connectivity index (χ0) is 21.3. The normalized spacial score (nSPS) is 10.9. The largest absolute Gasteiger partial charge is 0.506 e. The Morgan fingerprint density at radius 3 is 2.57 bits per heavy atom. The smallest absolute Gasteiger partial charge is 0.269 e. The van der Waals surface area contributed by atoms with Crippen molar-refractivity contribution in [1.29, 1.82) is 0 Å². The number of rotatable bonds is 4. The molecule has 0 bridgehead atoms. The molecular formula is C24H21N3O3. The van der Waals surface area contributed by atoms with E-state index in [-0.39, 0.29) is 17.9 Å². The molecule has 150 valence electrons. The lowest BCUT2D eigenvalue weighted by molar-refractivity contribution is 0.102.